The Hall–Kier alpha value is -0.630. The molecule has 1 atom stereocenters. The summed E-state index contributed by atoms with van der Waals surface area (Å²) in [5, 5.41) is 0. The second-order valence-electron chi connectivity index (χ2n) is 5.27. The highest BCUT2D eigenvalue weighted by Gasteiger charge is 2.30. The van der Waals surface area contributed by atoms with E-state index < -0.39 is 10.0 Å². The molecule has 2 N–H and O–H groups in total. The maximum absolute atomic E-state index is 12.8. The van der Waals surface area contributed by atoms with E-state index in [1.165, 1.54) is 4.31 Å². The van der Waals surface area contributed by atoms with E-state index in [1.54, 1.807) is 12.1 Å². The third kappa shape index (κ3) is 3.16. The van der Waals surface area contributed by atoms with Crippen LogP contribution in [0.1, 0.15) is 12.8 Å². The van der Waals surface area contributed by atoms with Crippen molar-refractivity contribution in [1.29, 1.82) is 0 Å². The molecule has 5 nitrogen and oxygen atoms in total. The van der Waals surface area contributed by atoms with E-state index in [1.807, 2.05) is 25.1 Å². The van der Waals surface area contributed by atoms with Crippen molar-refractivity contribution in [2.45, 2.75) is 23.8 Å². The predicted octanol–water partition coefficient (Wildman–Crippen LogP) is 1.63. The number of hydrogen-bond donors (Lipinski definition) is 1. The molecule has 0 saturated carbocycles. The minimum absolute atomic E-state index is 0.0747. The van der Waals surface area contributed by atoms with Gasteiger partial charge in [0, 0.05) is 43.4 Å². The lowest BCUT2D eigenvalue weighted by Crippen LogP contribution is -2.45. The SMILES string of the molecule is CN(C)c1ccc(Br)c(S(=O)(=O)N2CCCC(N)C2)c1. The first-order valence-corrected chi connectivity index (χ1v) is 8.78. The van der Waals surface area contributed by atoms with E-state index in [2.05, 4.69) is 15.9 Å². The number of piperidine rings is 1. The van der Waals surface area contributed by atoms with Crippen LogP contribution in [0.2, 0.25) is 0 Å². The first-order chi connectivity index (χ1) is 9.32. The first kappa shape index (κ1) is 15.8. The van der Waals surface area contributed by atoms with Gasteiger partial charge < -0.3 is 10.6 Å². The highest BCUT2D eigenvalue weighted by Crippen LogP contribution is 2.30. The summed E-state index contributed by atoms with van der Waals surface area (Å²) >= 11 is 3.34. The normalized spacial score (nSPS) is 20.9. The van der Waals surface area contributed by atoms with Crippen molar-refractivity contribution in [3.8, 4) is 0 Å². The predicted molar refractivity (Wildman–Crippen MR) is 84.4 cm³/mol. The Morgan fingerprint density at radius 3 is 2.70 bits per heavy atom. The fraction of sp³-hybridized carbons (Fsp3) is 0.538. The maximum atomic E-state index is 12.8. The fourth-order valence-corrected chi connectivity index (χ4v) is 4.78. The van der Waals surface area contributed by atoms with Crippen molar-refractivity contribution in [3.63, 3.8) is 0 Å². The number of halogens is 1. The summed E-state index contributed by atoms with van der Waals surface area (Å²) in [6.45, 7) is 0.926. The summed E-state index contributed by atoms with van der Waals surface area (Å²) in [4.78, 5) is 2.19. The van der Waals surface area contributed by atoms with Crippen molar-refractivity contribution < 1.29 is 8.42 Å². The lowest BCUT2D eigenvalue weighted by molar-refractivity contribution is 0.316. The van der Waals surface area contributed by atoms with Gasteiger partial charge >= 0.3 is 0 Å². The number of anilines is 1. The van der Waals surface area contributed by atoms with Crippen molar-refractivity contribution >= 4 is 31.6 Å². The van der Waals surface area contributed by atoms with Crippen molar-refractivity contribution in [3.05, 3.63) is 22.7 Å². The molecule has 1 aliphatic heterocycles. The number of rotatable bonds is 3. The van der Waals surface area contributed by atoms with Gasteiger partial charge in [0.05, 0.1) is 4.90 Å². The molecule has 0 aliphatic carbocycles. The van der Waals surface area contributed by atoms with Gasteiger partial charge in [-0.1, -0.05) is 0 Å². The van der Waals surface area contributed by atoms with E-state index in [0.717, 1.165) is 18.5 Å². The summed E-state index contributed by atoms with van der Waals surface area (Å²) in [6.07, 6.45) is 1.69. The van der Waals surface area contributed by atoms with Gasteiger partial charge in [-0.25, -0.2) is 8.42 Å². The second kappa shape index (κ2) is 6.01. The molecule has 1 unspecified atom stereocenters. The molecule has 1 aromatic carbocycles. The zero-order valence-electron chi connectivity index (χ0n) is 11.7. The lowest BCUT2D eigenvalue weighted by Gasteiger charge is -2.30. The molecule has 0 aromatic heterocycles. The standard InChI is InChI=1S/C13H20BrN3O2S/c1-16(2)11-5-6-12(14)13(8-11)20(18,19)17-7-3-4-10(15)9-17/h5-6,8,10H,3-4,7,9,15H2,1-2H3. The molecule has 2 rings (SSSR count). The number of sulfonamides is 1. The van der Waals surface area contributed by atoms with E-state index in [0.29, 0.717) is 22.5 Å². The molecule has 7 heteroatoms. The Balaban J connectivity index is 2.40. The molecule has 1 aromatic rings. The van der Waals surface area contributed by atoms with E-state index >= 15 is 0 Å². The minimum Gasteiger partial charge on any atom is -0.378 e. The Morgan fingerprint density at radius 1 is 1.40 bits per heavy atom. The van der Waals surface area contributed by atoms with Crippen LogP contribution in [0.5, 0.6) is 0 Å². The third-order valence-electron chi connectivity index (χ3n) is 3.47. The van der Waals surface area contributed by atoms with Crippen LogP contribution in [0.4, 0.5) is 5.69 Å². The molecule has 20 heavy (non-hydrogen) atoms. The number of nitrogens with zero attached hydrogens (tertiary/aromatic N) is 2. The topological polar surface area (TPSA) is 66.6 Å². The average molecular weight is 362 g/mol. The van der Waals surface area contributed by atoms with Crippen LogP contribution in [-0.2, 0) is 10.0 Å². The van der Waals surface area contributed by atoms with Crippen LogP contribution in [0.25, 0.3) is 0 Å². The summed E-state index contributed by atoms with van der Waals surface area (Å²) in [5.41, 5.74) is 6.74. The highest BCUT2D eigenvalue weighted by molar-refractivity contribution is 9.10. The molecule has 0 radical (unpaired) electrons. The number of nitrogens with two attached hydrogens (primary N) is 1. The van der Waals surface area contributed by atoms with Crippen LogP contribution in [0.3, 0.4) is 0 Å². The molecule has 0 spiro atoms. The summed E-state index contributed by atoms with van der Waals surface area (Å²) in [5.74, 6) is 0. The lowest BCUT2D eigenvalue weighted by atomic mass is 10.1. The number of hydrogen-bond acceptors (Lipinski definition) is 4. The third-order valence-corrected chi connectivity index (χ3v) is 6.33. The highest BCUT2D eigenvalue weighted by atomic mass is 79.9. The Bertz CT molecular complexity index is 589. The summed E-state index contributed by atoms with van der Waals surface area (Å²) in [6, 6.07) is 5.27. The quantitative estimate of drug-likeness (QED) is 0.888. The molecule has 1 aliphatic rings. The Morgan fingerprint density at radius 2 is 2.10 bits per heavy atom. The van der Waals surface area contributed by atoms with E-state index in [-0.39, 0.29) is 6.04 Å². The van der Waals surface area contributed by atoms with Crippen molar-refractivity contribution in [2.75, 3.05) is 32.1 Å². The molecule has 0 bridgehead atoms. The minimum atomic E-state index is -3.50. The van der Waals surface area contributed by atoms with Crippen LogP contribution >= 0.6 is 15.9 Å². The van der Waals surface area contributed by atoms with Gasteiger partial charge in [0.1, 0.15) is 0 Å². The molecule has 1 heterocycles. The smallest absolute Gasteiger partial charge is 0.244 e. The zero-order chi connectivity index (χ0) is 14.9. The van der Waals surface area contributed by atoms with Crippen LogP contribution in [0.15, 0.2) is 27.6 Å². The molecule has 0 amide bonds. The van der Waals surface area contributed by atoms with Crippen molar-refractivity contribution in [2.24, 2.45) is 5.73 Å². The first-order valence-electron chi connectivity index (χ1n) is 6.55. The zero-order valence-corrected chi connectivity index (χ0v) is 14.1. The summed E-state index contributed by atoms with van der Waals surface area (Å²) < 4.78 is 27.6. The molecular weight excluding hydrogens is 342 g/mol. The van der Waals surface area contributed by atoms with Gasteiger partial charge in [-0.3, -0.25) is 0 Å². The van der Waals surface area contributed by atoms with Gasteiger partial charge in [0.25, 0.3) is 0 Å². The largest absolute Gasteiger partial charge is 0.378 e. The van der Waals surface area contributed by atoms with Gasteiger partial charge in [-0.15, -0.1) is 0 Å². The van der Waals surface area contributed by atoms with Crippen LogP contribution in [0, 0.1) is 0 Å². The van der Waals surface area contributed by atoms with Crippen LogP contribution in [-0.4, -0.2) is 45.9 Å². The van der Waals surface area contributed by atoms with Gasteiger partial charge in [0.15, 0.2) is 0 Å². The molecule has 1 saturated heterocycles. The molecule has 1 fully saturated rings. The Labute approximate surface area is 128 Å². The summed E-state index contributed by atoms with van der Waals surface area (Å²) in [7, 11) is 0.269. The Kier molecular flexibility index (Phi) is 4.73. The second-order valence-corrected chi connectivity index (χ2v) is 8.04. The van der Waals surface area contributed by atoms with E-state index in [9.17, 15) is 8.42 Å². The van der Waals surface area contributed by atoms with Crippen molar-refractivity contribution in [1.82, 2.24) is 4.31 Å². The molecular formula is C13H20BrN3O2S. The maximum Gasteiger partial charge on any atom is 0.244 e. The van der Waals surface area contributed by atoms with E-state index in [4.69, 9.17) is 5.73 Å². The number of benzene rings is 1. The average Bonchev–Trinajstić information content (AvgIpc) is 2.38. The van der Waals surface area contributed by atoms with Gasteiger partial charge in [0.2, 0.25) is 10.0 Å². The van der Waals surface area contributed by atoms with Gasteiger partial charge in [-0.05, 0) is 47.0 Å². The fourth-order valence-electron chi connectivity index (χ4n) is 2.30. The van der Waals surface area contributed by atoms with Crippen LogP contribution < -0.4 is 10.6 Å². The van der Waals surface area contributed by atoms with Gasteiger partial charge in [-0.2, -0.15) is 4.31 Å². The monoisotopic (exact) mass is 361 g/mol. The molecule has 112 valence electrons.